The molecular weight excluding hydrogens is 274 g/mol. The van der Waals surface area contributed by atoms with Crippen molar-refractivity contribution in [3.05, 3.63) is 10.1 Å². The van der Waals surface area contributed by atoms with Gasteiger partial charge in [-0.05, 0) is 67.1 Å². The van der Waals surface area contributed by atoms with Gasteiger partial charge in [0.15, 0.2) is 0 Å². The van der Waals surface area contributed by atoms with Crippen molar-refractivity contribution in [2.24, 2.45) is 34.5 Å². The zero-order chi connectivity index (χ0) is 15.5. The monoisotopic (exact) mass is 305 g/mol. The van der Waals surface area contributed by atoms with Crippen LogP contribution in [0.15, 0.2) is 0 Å². The van der Waals surface area contributed by atoms with Crippen molar-refractivity contribution >= 4 is 0 Å². The third-order valence-electron chi connectivity index (χ3n) is 8.65. The highest BCUT2D eigenvalue weighted by Crippen LogP contribution is 2.66. The van der Waals surface area contributed by atoms with Crippen molar-refractivity contribution in [1.29, 1.82) is 0 Å². The van der Waals surface area contributed by atoms with Crippen molar-refractivity contribution in [3.63, 3.8) is 0 Å². The molecule has 3 nitrogen and oxygen atoms in total. The Morgan fingerprint density at radius 1 is 0.955 bits per heavy atom. The Bertz CT molecular complexity index is 478. The van der Waals surface area contributed by atoms with Crippen LogP contribution in [0.4, 0.5) is 0 Å². The third kappa shape index (κ3) is 1.93. The minimum absolute atomic E-state index is 0.121. The first kappa shape index (κ1) is 15.0. The van der Waals surface area contributed by atoms with Gasteiger partial charge in [-0.1, -0.05) is 33.1 Å². The Morgan fingerprint density at radius 2 is 1.77 bits per heavy atom. The van der Waals surface area contributed by atoms with Crippen molar-refractivity contribution in [1.82, 2.24) is 0 Å². The van der Waals surface area contributed by atoms with Crippen molar-refractivity contribution in [2.75, 3.05) is 0 Å². The van der Waals surface area contributed by atoms with E-state index >= 15 is 0 Å². The molecule has 0 aliphatic heterocycles. The van der Waals surface area contributed by atoms with Gasteiger partial charge in [0.05, 0.1) is 0 Å². The van der Waals surface area contributed by atoms with Crippen LogP contribution >= 0.6 is 0 Å². The zero-order valence-corrected chi connectivity index (χ0v) is 14.2. The molecule has 0 aromatic rings. The maximum Gasteiger partial charge on any atom is 0.216 e. The standard InChI is InChI=1S/C19H31NO2/c1-18-9-5-7-14(18)17-15(8-11-18)19(2)10-4-3-6-13(19)12-16(17)20(21)22/h13-17H,3-12H2,1-2H3/t13?,14-,15+,16?,17-,18-,19-/m0/s1. The number of nitrogens with zero attached hydrogens (tertiary/aromatic N) is 1. The van der Waals surface area contributed by atoms with Crippen LogP contribution in [0.2, 0.25) is 0 Å². The van der Waals surface area contributed by atoms with Crippen molar-refractivity contribution in [2.45, 2.75) is 84.1 Å². The van der Waals surface area contributed by atoms with Crippen LogP contribution < -0.4 is 0 Å². The molecule has 0 saturated heterocycles. The molecular formula is C19H31NO2. The minimum atomic E-state index is -0.246. The quantitative estimate of drug-likeness (QED) is 0.501. The summed E-state index contributed by atoms with van der Waals surface area (Å²) in [5.74, 6) is 2.23. The molecule has 124 valence electrons. The average molecular weight is 305 g/mol. The molecule has 0 spiro atoms. The molecule has 0 bridgehead atoms. The van der Waals surface area contributed by atoms with E-state index in [0.29, 0.717) is 34.5 Å². The molecule has 4 fully saturated rings. The Morgan fingerprint density at radius 3 is 2.55 bits per heavy atom. The van der Waals surface area contributed by atoms with Gasteiger partial charge in [0.1, 0.15) is 0 Å². The van der Waals surface area contributed by atoms with Gasteiger partial charge in [-0.3, -0.25) is 10.1 Å². The second kappa shape index (κ2) is 4.95. The van der Waals surface area contributed by atoms with E-state index in [-0.39, 0.29) is 11.0 Å². The lowest BCUT2D eigenvalue weighted by Crippen LogP contribution is -2.58. The number of fused-ring (bicyclic) bond motifs is 5. The fraction of sp³-hybridized carbons (Fsp3) is 1.00. The van der Waals surface area contributed by atoms with Gasteiger partial charge in [0.25, 0.3) is 0 Å². The first-order valence-corrected chi connectivity index (χ1v) is 9.59. The highest BCUT2D eigenvalue weighted by molar-refractivity contribution is 5.09. The molecule has 0 N–H and O–H groups in total. The van der Waals surface area contributed by atoms with Gasteiger partial charge in [0, 0.05) is 17.3 Å². The summed E-state index contributed by atoms with van der Waals surface area (Å²) in [6.07, 6.45) is 12.5. The normalized spacial score (nSPS) is 54.2. The molecule has 0 aromatic heterocycles. The summed E-state index contributed by atoms with van der Waals surface area (Å²) in [6, 6.07) is -0.246. The molecule has 22 heavy (non-hydrogen) atoms. The van der Waals surface area contributed by atoms with Gasteiger partial charge in [-0.25, -0.2) is 0 Å². The summed E-state index contributed by atoms with van der Waals surface area (Å²) in [5.41, 5.74) is 0.812. The molecule has 7 atom stereocenters. The van der Waals surface area contributed by atoms with Gasteiger partial charge in [0.2, 0.25) is 6.04 Å². The Balaban J connectivity index is 1.74. The largest absolute Gasteiger partial charge is 0.264 e. The topological polar surface area (TPSA) is 43.1 Å². The molecule has 4 saturated carbocycles. The second-order valence-corrected chi connectivity index (χ2v) is 9.41. The minimum Gasteiger partial charge on any atom is -0.264 e. The maximum absolute atomic E-state index is 11.9. The average Bonchev–Trinajstić information content (AvgIpc) is 2.87. The summed E-state index contributed by atoms with van der Waals surface area (Å²) in [5, 5.41) is 11.9. The van der Waals surface area contributed by atoms with Crippen LogP contribution in [0.25, 0.3) is 0 Å². The van der Waals surface area contributed by atoms with Gasteiger partial charge in [-0.2, -0.15) is 0 Å². The lowest BCUT2D eigenvalue weighted by Gasteiger charge is -2.60. The zero-order valence-electron chi connectivity index (χ0n) is 14.2. The fourth-order valence-corrected chi connectivity index (χ4v) is 7.47. The summed E-state index contributed by atoms with van der Waals surface area (Å²) in [4.78, 5) is 12.0. The first-order valence-electron chi connectivity index (χ1n) is 9.59. The summed E-state index contributed by atoms with van der Waals surface area (Å²) >= 11 is 0. The van der Waals surface area contributed by atoms with Crippen LogP contribution in [0, 0.1) is 44.6 Å². The second-order valence-electron chi connectivity index (χ2n) is 9.41. The van der Waals surface area contributed by atoms with Gasteiger partial charge in [-0.15, -0.1) is 0 Å². The molecule has 2 unspecified atom stereocenters. The Labute approximate surface area is 134 Å². The predicted molar refractivity (Wildman–Crippen MR) is 87.1 cm³/mol. The van der Waals surface area contributed by atoms with E-state index in [9.17, 15) is 10.1 Å². The van der Waals surface area contributed by atoms with Crippen LogP contribution in [0.5, 0.6) is 0 Å². The number of hydrogen-bond donors (Lipinski definition) is 0. The van der Waals surface area contributed by atoms with Crippen LogP contribution in [0.1, 0.15) is 78.1 Å². The number of rotatable bonds is 1. The predicted octanol–water partition coefficient (Wildman–Crippen LogP) is 5.06. The summed E-state index contributed by atoms with van der Waals surface area (Å²) in [6.45, 7) is 4.94. The van der Waals surface area contributed by atoms with E-state index < -0.39 is 0 Å². The fourth-order valence-electron chi connectivity index (χ4n) is 7.47. The van der Waals surface area contributed by atoms with Gasteiger partial charge < -0.3 is 0 Å². The molecule has 0 heterocycles. The van der Waals surface area contributed by atoms with Crippen molar-refractivity contribution in [3.8, 4) is 0 Å². The van der Waals surface area contributed by atoms with E-state index in [0.717, 1.165) is 6.42 Å². The number of nitro groups is 1. The van der Waals surface area contributed by atoms with E-state index in [1.165, 1.54) is 57.8 Å². The van der Waals surface area contributed by atoms with E-state index in [4.69, 9.17) is 0 Å². The first-order chi connectivity index (χ1) is 10.5. The van der Waals surface area contributed by atoms with E-state index in [1.54, 1.807) is 0 Å². The van der Waals surface area contributed by atoms with Crippen molar-refractivity contribution < 1.29 is 4.92 Å². The van der Waals surface area contributed by atoms with E-state index in [2.05, 4.69) is 13.8 Å². The molecule has 4 aliphatic rings. The third-order valence-corrected chi connectivity index (χ3v) is 8.65. The Kier molecular flexibility index (Phi) is 3.36. The smallest absolute Gasteiger partial charge is 0.216 e. The Hall–Kier alpha value is -0.600. The molecule has 4 rings (SSSR count). The lowest BCUT2D eigenvalue weighted by atomic mass is 9.44. The lowest BCUT2D eigenvalue weighted by molar-refractivity contribution is -0.548. The van der Waals surface area contributed by atoms with Crippen LogP contribution in [-0.2, 0) is 0 Å². The molecule has 0 aromatic carbocycles. The highest BCUT2D eigenvalue weighted by atomic mass is 16.6. The summed E-state index contributed by atoms with van der Waals surface area (Å²) < 4.78 is 0. The van der Waals surface area contributed by atoms with Gasteiger partial charge >= 0.3 is 0 Å². The molecule has 4 aliphatic carbocycles. The van der Waals surface area contributed by atoms with Crippen LogP contribution in [0.3, 0.4) is 0 Å². The molecule has 0 radical (unpaired) electrons. The molecule has 3 heteroatoms. The highest BCUT2D eigenvalue weighted by Gasteiger charge is 2.63. The molecule has 0 amide bonds. The summed E-state index contributed by atoms with van der Waals surface area (Å²) in [7, 11) is 0. The van der Waals surface area contributed by atoms with Crippen LogP contribution in [-0.4, -0.2) is 11.0 Å². The maximum atomic E-state index is 11.9. The number of hydrogen-bond acceptors (Lipinski definition) is 2. The SMILES string of the molecule is C[C@@]12CCC[C@H]1[C@@H]1C([N+](=O)[O-])CC3CCCC[C@]3(C)[C@@H]1CC2. The van der Waals surface area contributed by atoms with E-state index in [1.807, 2.05) is 0 Å².